The molecule has 1 aromatic rings. The van der Waals surface area contributed by atoms with Gasteiger partial charge in [0.25, 0.3) is 5.91 Å². The molecule has 0 aliphatic carbocycles. The van der Waals surface area contributed by atoms with Gasteiger partial charge in [-0.25, -0.2) is 4.79 Å². The van der Waals surface area contributed by atoms with Crippen LogP contribution in [0.4, 0.5) is 4.79 Å². The van der Waals surface area contributed by atoms with Crippen molar-refractivity contribution in [2.75, 3.05) is 13.2 Å². The molecule has 0 atom stereocenters. The minimum absolute atomic E-state index is 0.203. The highest BCUT2D eigenvalue weighted by molar-refractivity contribution is 6.30. The summed E-state index contributed by atoms with van der Waals surface area (Å²) in [6.45, 7) is 1.57. The van der Waals surface area contributed by atoms with Crippen molar-refractivity contribution >= 4 is 23.6 Å². The number of hydrogen-bond acceptors (Lipinski definition) is 4. The predicted molar refractivity (Wildman–Crippen MR) is 62.1 cm³/mol. The minimum Gasteiger partial charge on any atom is -0.484 e. The molecule has 1 rings (SSSR count). The molecule has 0 unspecified atom stereocenters. The Morgan fingerprint density at radius 1 is 1.41 bits per heavy atom. The molecule has 0 saturated heterocycles. The summed E-state index contributed by atoms with van der Waals surface area (Å²) in [5.41, 5.74) is 0. The molecule has 1 N–H and O–H groups in total. The summed E-state index contributed by atoms with van der Waals surface area (Å²) in [6.07, 6.45) is -0.785. The van der Waals surface area contributed by atoms with Gasteiger partial charge in [-0.2, -0.15) is 0 Å². The molecule has 0 aromatic heterocycles. The lowest BCUT2D eigenvalue weighted by molar-refractivity contribution is -0.122. The van der Waals surface area contributed by atoms with Crippen LogP contribution in [0.5, 0.6) is 5.75 Å². The number of alkyl carbamates (subject to hydrolysis) is 1. The van der Waals surface area contributed by atoms with Gasteiger partial charge >= 0.3 is 6.09 Å². The van der Waals surface area contributed by atoms with Gasteiger partial charge in [-0.1, -0.05) is 17.7 Å². The first-order chi connectivity index (χ1) is 8.11. The summed E-state index contributed by atoms with van der Waals surface area (Å²) in [5, 5.41) is 2.52. The second-order valence-electron chi connectivity index (χ2n) is 3.01. The van der Waals surface area contributed by atoms with E-state index < -0.39 is 12.0 Å². The number of benzene rings is 1. The maximum absolute atomic E-state index is 11.2. The van der Waals surface area contributed by atoms with E-state index in [0.717, 1.165) is 0 Å². The second-order valence-corrected chi connectivity index (χ2v) is 3.45. The summed E-state index contributed by atoms with van der Waals surface area (Å²) in [5.74, 6) is -0.125. The molecule has 0 heterocycles. The van der Waals surface area contributed by atoms with E-state index >= 15 is 0 Å². The lowest BCUT2D eigenvalue weighted by Gasteiger charge is -2.06. The Morgan fingerprint density at radius 2 is 2.18 bits per heavy atom. The molecule has 0 saturated carbocycles. The zero-order chi connectivity index (χ0) is 12.7. The van der Waals surface area contributed by atoms with Gasteiger partial charge in [-0.05, 0) is 25.1 Å². The van der Waals surface area contributed by atoms with Crippen LogP contribution in [0.2, 0.25) is 5.02 Å². The van der Waals surface area contributed by atoms with Gasteiger partial charge in [0, 0.05) is 5.02 Å². The standard InChI is InChI=1S/C11H12ClNO4/c1-2-16-11(15)13-10(14)7-17-9-5-3-4-8(12)6-9/h3-6H,2,7H2,1H3,(H,13,14,15). The molecule has 17 heavy (non-hydrogen) atoms. The average Bonchev–Trinajstić information content (AvgIpc) is 2.27. The van der Waals surface area contributed by atoms with Gasteiger partial charge in [-0.15, -0.1) is 0 Å². The number of nitrogens with one attached hydrogen (secondary N) is 1. The topological polar surface area (TPSA) is 64.6 Å². The highest BCUT2D eigenvalue weighted by atomic mass is 35.5. The van der Waals surface area contributed by atoms with Crippen LogP contribution in [0.15, 0.2) is 24.3 Å². The maximum Gasteiger partial charge on any atom is 0.413 e. The smallest absolute Gasteiger partial charge is 0.413 e. The van der Waals surface area contributed by atoms with Crippen LogP contribution in [0.25, 0.3) is 0 Å². The quantitative estimate of drug-likeness (QED) is 0.896. The third-order valence-electron chi connectivity index (χ3n) is 1.68. The molecule has 1 aromatic carbocycles. The van der Waals surface area contributed by atoms with Gasteiger partial charge in [0.1, 0.15) is 5.75 Å². The van der Waals surface area contributed by atoms with Crippen molar-refractivity contribution in [3.05, 3.63) is 29.3 Å². The summed E-state index contributed by atoms with van der Waals surface area (Å²) in [6, 6.07) is 6.61. The predicted octanol–water partition coefficient (Wildman–Crippen LogP) is 1.99. The van der Waals surface area contributed by atoms with E-state index in [2.05, 4.69) is 4.74 Å². The van der Waals surface area contributed by atoms with Crippen LogP contribution in [0.3, 0.4) is 0 Å². The Hall–Kier alpha value is -1.75. The van der Waals surface area contributed by atoms with E-state index in [1.165, 1.54) is 0 Å². The van der Waals surface area contributed by atoms with Crippen LogP contribution in [0.1, 0.15) is 6.92 Å². The van der Waals surface area contributed by atoms with Crippen LogP contribution in [0, 0.1) is 0 Å². The normalized spacial score (nSPS) is 9.53. The summed E-state index contributed by atoms with van der Waals surface area (Å²) >= 11 is 5.73. The molecule has 0 spiro atoms. The SMILES string of the molecule is CCOC(=O)NC(=O)COc1cccc(Cl)c1. The van der Waals surface area contributed by atoms with E-state index in [4.69, 9.17) is 16.3 Å². The van der Waals surface area contributed by atoms with Gasteiger partial charge in [0.15, 0.2) is 6.61 Å². The largest absolute Gasteiger partial charge is 0.484 e. The fourth-order valence-corrected chi connectivity index (χ4v) is 1.20. The molecular formula is C11H12ClNO4. The summed E-state index contributed by atoms with van der Waals surface area (Å²) in [7, 11) is 0. The average molecular weight is 258 g/mol. The van der Waals surface area contributed by atoms with Crippen molar-refractivity contribution in [3.63, 3.8) is 0 Å². The highest BCUT2D eigenvalue weighted by Gasteiger charge is 2.08. The van der Waals surface area contributed by atoms with E-state index in [-0.39, 0.29) is 13.2 Å². The van der Waals surface area contributed by atoms with Crippen LogP contribution in [-0.2, 0) is 9.53 Å². The lowest BCUT2D eigenvalue weighted by atomic mass is 10.3. The first-order valence-corrected chi connectivity index (χ1v) is 5.34. The van der Waals surface area contributed by atoms with Crippen LogP contribution in [-0.4, -0.2) is 25.2 Å². The van der Waals surface area contributed by atoms with E-state index in [0.29, 0.717) is 10.8 Å². The zero-order valence-corrected chi connectivity index (χ0v) is 9.99. The molecular weight excluding hydrogens is 246 g/mol. The Bertz CT molecular complexity index is 408. The van der Waals surface area contributed by atoms with Gasteiger partial charge < -0.3 is 9.47 Å². The molecule has 5 nitrogen and oxygen atoms in total. The molecule has 0 bridgehead atoms. The first-order valence-electron chi connectivity index (χ1n) is 4.96. The van der Waals surface area contributed by atoms with Crippen molar-refractivity contribution in [2.24, 2.45) is 0 Å². The minimum atomic E-state index is -0.785. The number of carbonyl (C=O) groups is 2. The van der Waals surface area contributed by atoms with Gasteiger partial charge in [0.2, 0.25) is 0 Å². The lowest BCUT2D eigenvalue weighted by Crippen LogP contribution is -2.34. The molecule has 0 radical (unpaired) electrons. The summed E-state index contributed by atoms with van der Waals surface area (Å²) < 4.78 is 9.66. The molecule has 0 aliphatic heterocycles. The van der Waals surface area contributed by atoms with Crippen LogP contribution >= 0.6 is 11.6 Å². The molecule has 92 valence electrons. The van der Waals surface area contributed by atoms with Crippen molar-refractivity contribution in [2.45, 2.75) is 6.92 Å². The van der Waals surface area contributed by atoms with E-state index in [1.54, 1.807) is 31.2 Å². The van der Waals surface area contributed by atoms with E-state index in [9.17, 15) is 9.59 Å². The van der Waals surface area contributed by atoms with Crippen molar-refractivity contribution < 1.29 is 19.1 Å². The van der Waals surface area contributed by atoms with Crippen LogP contribution < -0.4 is 10.1 Å². The molecule has 0 fully saturated rings. The zero-order valence-electron chi connectivity index (χ0n) is 9.23. The molecule has 2 amide bonds. The molecule has 6 heteroatoms. The monoisotopic (exact) mass is 257 g/mol. The number of ether oxygens (including phenoxy) is 2. The Balaban J connectivity index is 2.35. The summed E-state index contributed by atoms with van der Waals surface area (Å²) in [4.78, 5) is 22.1. The van der Waals surface area contributed by atoms with Crippen molar-refractivity contribution in [1.29, 1.82) is 0 Å². The maximum atomic E-state index is 11.2. The first kappa shape index (κ1) is 13.3. The number of carbonyl (C=O) groups excluding carboxylic acids is 2. The number of halogens is 1. The second kappa shape index (κ2) is 6.75. The number of hydrogen-bond donors (Lipinski definition) is 1. The van der Waals surface area contributed by atoms with Gasteiger partial charge in [-0.3, -0.25) is 10.1 Å². The number of imide groups is 1. The fourth-order valence-electron chi connectivity index (χ4n) is 1.02. The third-order valence-corrected chi connectivity index (χ3v) is 1.92. The number of amides is 2. The van der Waals surface area contributed by atoms with Crippen molar-refractivity contribution in [1.82, 2.24) is 5.32 Å². The Kier molecular flexibility index (Phi) is 5.29. The van der Waals surface area contributed by atoms with Gasteiger partial charge in [0.05, 0.1) is 6.61 Å². The molecule has 0 aliphatic rings. The highest BCUT2D eigenvalue weighted by Crippen LogP contribution is 2.16. The Labute approximate surface area is 104 Å². The Morgan fingerprint density at radius 3 is 2.82 bits per heavy atom. The fraction of sp³-hybridized carbons (Fsp3) is 0.273. The van der Waals surface area contributed by atoms with E-state index in [1.807, 2.05) is 5.32 Å². The van der Waals surface area contributed by atoms with Crippen molar-refractivity contribution in [3.8, 4) is 5.75 Å². The number of rotatable bonds is 4. The third kappa shape index (κ3) is 5.21.